The van der Waals surface area contributed by atoms with E-state index >= 15 is 0 Å². The minimum atomic E-state index is 0.820. The van der Waals surface area contributed by atoms with E-state index in [2.05, 4.69) is 0 Å². The average molecular weight is 192 g/mol. The zero-order chi connectivity index (χ0) is 8.93. The van der Waals surface area contributed by atoms with Gasteiger partial charge in [0, 0.05) is 0 Å². The Hall–Kier alpha value is -1.35. The SMILES string of the molecule is C1=COSC(C=C2C=CC=CO2)=C1. The Labute approximate surface area is 81.1 Å². The van der Waals surface area contributed by atoms with Crippen molar-refractivity contribution in [3.63, 3.8) is 0 Å². The zero-order valence-electron chi connectivity index (χ0n) is 6.84. The summed E-state index contributed by atoms with van der Waals surface area (Å²) < 4.78 is 10.3. The highest BCUT2D eigenvalue weighted by molar-refractivity contribution is 7.98. The fourth-order valence-corrected chi connectivity index (χ4v) is 1.45. The lowest BCUT2D eigenvalue weighted by molar-refractivity contribution is 0.364. The molecule has 0 saturated carbocycles. The van der Waals surface area contributed by atoms with Crippen molar-refractivity contribution in [2.24, 2.45) is 0 Å². The third kappa shape index (κ3) is 2.29. The summed E-state index contributed by atoms with van der Waals surface area (Å²) in [6, 6.07) is 0. The van der Waals surface area contributed by atoms with Crippen LogP contribution < -0.4 is 0 Å². The monoisotopic (exact) mass is 192 g/mol. The van der Waals surface area contributed by atoms with Crippen LogP contribution in [0, 0.1) is 0 Å². The normalized spacial score (nSPS) is 22.5. The molecule has 66 valence electrons. The van der Waals surface area contributed by atoms with Gasteiger partial charge in [-0.25, -0.2) is 0 Å². The topological polar surface area (TPSA) is 18.5 Å². The van der Waals surface area contributed by atoms with Crippen molar-refractivity contribution in [3.8, 4) is 0 Å². The second-order valence-electron chi connectivity index (χ2n) is 2.43. The summed E-state index contributed by atoms with van der Waals surface area (Å²) in [6.07, 6.45) is 14.7. The molecular weight excluding hydrogens is 184 g/mol. The van der Waals surface area contributed by atoms with E-state index in [0.717, 1.165) is 10.7 Å². The fraction of sp³-hybridized carbons (Fsp3) is 0. The fourth-order valence-electron chi connectivity index (χ4n) is 0.925. The van der Waals surface area contributed by atoms with Crippen LogP contribution in [0.15, 0.2) is 59.6 Å². The van der Waals surface area contributed by atoms with Gasteiger partial charge in [0.05, 0.1) is 23.2 Å². The van der Waals surface area contributed by atoms with Gasteiger partial charge in [-0.1, -0.05) is 6.08 Å². The number of hydrogen-bond donors (Lipinski definition) is 0. The lowest BCUT2D eigenvalue weighted by atomic mass is 10.3. The van der Waals surface area contributed by atoms with Crippen molar-refractivity contribution in [1.29, 1.82) is 0 Å². The Balaban J connectivity index is 2.10. The Morgan fingerprint density at radius 2 is 2.15 bits per heavy atom. The van der Waals surface area contributed by atoms with Crippen molar-refractivity contribution >= 4 is 12.0 Å². The third-order valence-corrected chi connectivity index (χ3v) is 2.13. The molecule has 0 N–H and O–H groups in total. The van der Waals surface area contributed by atoms with E-state index < -0.39 is 0 Å². The van der Waals surface area contributed by atoms with Crippen molar-refractivity contribution in [1.82, 2.24) is 0 Å². The Kier molecular flexibility index (Phi) is 2.57. The average Bonchev–Trinajstić information content (AvgIpc) is 2.21. The standard InChI is InChI=1S/C10H8O2S/c1-2-6-11-9(4-1)8-10-5-3-7-12-13-10/h1-8H. The van der Waals surface area contributed by atoms with Crippen LogP contribution in [-0.2, 0) is 8.92 Å². The van der Waals surface area contributed by atoms with Gasteiger partial charge in [0.25, 0.3) is 0 Å². The number of allylic oxidation sites excluding steroid dienone is 6. The predicted octanol–water partition coefficient (Wildman–Crippen LogP) is 3.05. The summed E-state index contributed by atoms with van der Waals surface area (Å²) in [7, 11) is 0. The quantitative estimate of drug-likeness (QED) is 0.595. The van der Waals surface area contributed by atoms with Gasteiger partial charge in [0.1, 0.15) is 12.0 Å². The highest BCUT2D eigenvalue weighted by Gasteiger charge is 2.01. The second-order valence-corrected chi connectivity index (χ2v) is 3.26. The molecule has 3 heteroatoms. The molecule has 0 atom stereocenters. The first-order valence-corrected chi connectivity index (χ1v) is 4.61. The van der Waals surface area contributed by atoms with E-state index in [9.17, 15) is 0 Å². The Morgan fingerprint density at radius 1 is 1.15 bits per heavy atom. The van der Waals surface area contributed by atoms with E-state index in [-0.39, 0.29) is 0 Å². The van der Waals surface area contributed by atoms with Gasteiger partial charge >= 0.3 is 0 Å². The summed E-state index contributed by atoms with van der Waals surface area (Å²) in [5.41, 5.74) is 0. The van der Waals surface area contributed by atoms with E-state index in [0.29, 0.717) is 0 Å². The molecule has 2 nitrogen and oxygen atoms in total. The van der Waals surface area contributed by atoms with Gasteiger partial charge < -0.3 is 8.92 Å². The maximum atomic E-state index is 5.24. The van der Waals surface area contributed by atoms with Gasteiger partial charge in [0.15, 0.2) is 0 Å². The summed E-state index contributed by atoms with van der Waals surface area (Å²) >= 11 is 1.32. The van der Waals surface area contributed by atoms with E-state index in [1.807, 2.05) is 36.5 Å². The lowest BCUT2D eigenvalue weighted by Crippen LogP contribution is -1.87. The van der Waals surface area contributed by atoms with Crippen LogP contribution in [-0.4, -0.2) is 0 Å². The first kappa shape index (κ1) is 8.26. The predicted molar refractivity (Wildman–Crippen MR) is 53.3 cm³/mol. The molecule has 2 rings (SSSR count). The minimum Gasteiger partial charge on any atom is -0.465 e. The van der Waals surface area contributed by atoms with Gasteiger partial charge in [-0.3, -0.25) is 0 Å². The molecule has 0 aromatic rings. The molecule has 0 bridgehead atoms. The summed E-state index contributed by atoms with van der Waals surface area (Å²) in [5, 5.41) is 0. The lowest BCUT2D eigenvalue weighted by Gasteiger charge is -2.07. The number of rotatable bonds is 1. The van der Waals surface area contributed by atoms with Crippen LogP contribution in [0.25, 0.3) is 0 Å². The molecule has 0 saturated heterocycles. The summed E-state index contributed by atoms with van der Waals surface area (Å²) in [5.74, 6) is 0.820. The van der Waals surface area contributed by atoms with Crippen molar-refractivity contribution in [3.05, 3.63) is 59.6 Å². The van der Waals surface area contributed by atoms with E-state index in [1.165, 1.54) is 12.0 Å². The highest BCUT2D eigenvalue weighted by atomic mass is 32.2. The Bertz CT molecular complexity index is 335. The molecule has 0 unspecified atom stereocenters. The molecule has 0 aromatic carbocycles. The molecular formula is C10H8O2S. The Morgan fingerprint density at radius 3 is 2.85 bits per heavy atom. The maximum absolute atomic E-state index is 5.24. The number of hydrogen-bond acceptors (Lipinski definition) is 3. The molecule has 2 heterocycles. The van der Waals surface area contributed by atoms with Crippen molar-refractivity contribution in [2.75, 3.05) is 0 Å². The summed E-state index contributed by atoms with van der Waals surface area (Å²) in [6.45, 7) is 0. The molecule has 0 spiro atoms. The molecule has 0 radical (unpaired) electrons. The van der Waals surface area contributed by atoms with Crippen molar-refractivity contribution in [2.45, 2.75) is 0 Å². The molecule has 2 aliphatic heterocycles. The first-order chi connectivity index (χ1) is 6.45. The highest BCUT2D eigenvalue weighted by Crippen LogP contribution is 2.24. The molecule has 0 fully saturated rings. The third-order valence-electron chi connectivity index (χ3n) is 1.48. The first-order valence-electron chi connectivity index (χ1n) is 3.87. The van der Waals surface area contributed by atoms with Gasteiger partial charge in [-0.05, 0) is 30.4 Å². The summed E-state index contributed by atoms with van der Waals surface area (Å²) in [4.78, 5) is 1.03. The largest absolute Gasteiger partial charge is 0.465 e. The van der Waals surface area contributed by atoms with E-state index in [1.54, 1.807) is 12.5 Å². The van der Waals surface area contributed by atoms with Crippen LogP contribution in [0.4, 0.5) is 0 Å². The van der Waals surface area contributed by atoms with Crippen LogP contribution in [0.1, 0.15) is 0 Å². The van der Waals surface area contributed by atoms with Gasteiger partial charge in [-0.15, -0.1) is 0 Å². The molecule has 0 amide bonds. The van der Waals surface area contributed by atoms with E-state index in [4.69, 9.17) is 8.92 Å². The molecule has 13 heavy (non-hydrogen) atoms. The van der Waals surface area contributed by atoms with Crippen LogP contribution in [0.5, 0.6) is 0 Å². The van der Waals surface area contributed by atoms with Crippen LogP contribution in [0.3, 0.4) is 0 Å². The number of ether oxygens (including phenoxy) is 1. The maximum Gasteiger partial charge on any atom is 0.127 e. The van der Waals surface area contributed by atoms with Gasteiger partial charge in [0.2, 0.25) is 0 Å². The van der Waals surface area contributed by atoms with Gasteiger partial charge in [-0.2, -0.15) is 0 Å². The van der Waals surface area contributed by atoms with Crippen molar-refractivity contribution < 1.29 is 8.92 Å². The smallest absolute Gasteiger partial charge is 0.127 e. The van der Waals surface area contributed by atoms with Crippen LogP contribution in [0.2, 0.25) is 0 Å². The second kappa shape index (κ2) is 4.05. The molecule has 0 aromatic heterocycles. The molecule has 0 aliphatic carbocycles. The molecule has 2 aliphatic rings. The minimum absolute atomic E-state index is 0.820. The van der Waals surface area contributed by atoms with Crippen LogP contribution >= 0.6 is 12.0 Å². The zero-order valence-corrected chi connectivity index (χ0v) is 7.66.